The average molecular weight is 640 g/mol. The number of aromatic nitrogens is 3. The second-order valence-corrected chi connectivity index (χ2v) is 12.6. The molecule has 0 aliphatic rings. The third kappa shape index (κ3) is 4.61. The Bertz CT molecular complexity index is 2790. The predicted octanol–water partition coefficient (Wildman–Crippen LogP) is 12.1. The van der Waals surface area contributed by atoms with E-state index in [0.29, 0.717) is 5.82 Å². The minimum Gasteiger partial charge on any atom is -0.455 e. The highest BCUT2D eigenvalue weighted by molar-refractivity contribution is 6.10. The standard InChI is InChI=1S/C46H29N3O/c1-2-11-31(12-3-1)40-29-41(32-25-27-34(28-26-32)49-42-18-7-4-13-36(42)37-14-5-8-19-43(37)49)48-46(47-40)33-23-21-30(22-24-33)35-16-10-17-39-38-15-6-9-20-44(38)50-45(35)39/h1-29H. The zero-order valence-electron chi connectivity index (χ0n) is 27.0. The molecule has 50 heavy (non-hydrogen) atoms. The third-order valence-electron chi connectivity index (χ3n) is 9.66. The average Bonchev–Trinajstić information content (AvgIpc) is 3.74. The highest BCUT2D eigenvalue weighted by Crippen LogP contribution is 2.37. The Labute approximate surface area is 288 Å². The first-order valence-corrected chi connectivity index (χ1v) is 16.8. The zero-order chi connectivity index (χ0) is 33.0. The summed E-state index contributed by atoms with van der Waals surface area (Å²) >= 11 is 0. The molecule has 4 heteroatoms. The van der Waals surface area contributed by atoms with E-state index in [1.54, 1.807) is 0 Å². The molecular formula is C46H29N3O. The molecule has 0 unspecified atom stereocenters. The molecule has 10 rings (SSSR count). The van der Waals surface area contributed by atoms with Crippen molar-refractivity contribution in [2.75, 3.05) is 0 Å². The fourth-order valence-electron chi connectivity index (χ4n) is 7.24. The molecule has 234 valence electrons. The Morgan fingerprint density at radius 1 is 0.400 bits per heavy atom. The first-order valence-electron chi connectivity index (χ1n) is 16.8. The van der Waals surface area contributed by atoms with Gasteiger partial charge >= 0.3 is 0 Å². The van der Waals surface area contributed by atoms with Crippen LogP contribution in [0, 0.1) is 0 Å². The molecule has 0 aliphatic carbocycles. The number of fused-ring (bicyclic) bond motifs is 6. The van der Waals surface area contributed by atoms with Gasteiger partial charge in [-0.1, -0.05) is 140 Å². The van der Waals surface area contributed by atoms with Crippen LogP contribution in [0.3, 0.4) is 0 Å². The molecule has 3 heterocycles. The molecule has 0 fully saturated rings. The number of benzene rings is 7. The highest BCUT2D eigenvalue weighted by atomic mass is 16.3. The molecule has 0 aliphatic heterocycles. The van der Waals surface area contributed by atoms with E-state index in [4.69, 9.17) is 14.4 Å². The molecule has 0 bridgehead atoms. The van der Waals surface area contributed by atoms with Gasteiger partial charge in [-0.25, -0.2) is 9.97 Å². The van der Waals surface area contributed by atoms with E-state index >= 15 is 0 Å². The van der Waals surface area contributed by atoms with Gasteiger partial charge in [0.15, 0.2) is 5.82 Å². The van der Waals surface area contributed by atoms with Crippen LogP contribution in [0.2, 0.25) is 0 Å². The molecule has 7 aromatic carbocycles. The van der Waals surface area contributed by atoms with Gasteiger partial charge in [0.25, 0.3) is 0 Å². The van der Waals surface area contributed by atoms with E-state index in [1.165, 1.54) is 21.8 Å². The normalized spacial score (nSPS) is 11.6. The van der Waals surface area contributed by atoms with Crippen LogP contribution in [0.4, 0.5) is 0 Å². The zero-order valence-corrected chi connectivity index (χ0v) is 27.0. The lowest BCUT2D eigenvalue weighted by atomic mass is 10.0. The molecule has 0 saturated heterocycles. The minimum atomic E-state index is 0.682. The van der Waals surface area contributed by atoms with Crippen LogP contribution in [-0.2, 0) is 0 Å². The molecule has 3 aromatic heterocycles. The fraction of sp³-hybridized carbons (Fsp3) is 0. The van der Waals surface area contributed by atoms with E-state index in [0.717, 1.165) is 66.8 Å². The molecule has 4 nitrogen and oxygen atoms in total. The van der Waals surface area contributed by atoms with Crippen LogP contribution >= 0.6 is 0 Å². The van der Waals surface area contributed by atoms with E-state index in [9.17, 15) is 0 Å². The number of furan rings is 1. The monoisotopic (exact) mass is 639 g/mol. The Hall–Kier alpha value is -6.78. The molecule has 0 spiro atoms. The molecular weight excluding hydrogens is 611 g/mol. The maximum Gasteiger partial charge on any atom is 0.160 e. The molecule has 0 atom stereocenters. The molecule has 0 saturated carbocycles. The second-order valence-electron chi connectivity index (χ2n) is 12.6. The van der Waals surface area contributed by atoms with Crippen molar-refractivity contribution in [3.63, 3.8) is 0 Å². The van der Waals surface area contributed by atoms with E-state index in [-0.39, 0.29) is 0 Å². The van der Waals surface area contributed by atoms with Crippen molar-refractivity contribution in [3.05, 3.63) is 176 Å². The number of nitrogens with zero attached hydrogens (tertiary/aromatic N) is 3. The van der Waals surface area contributed by atoms with Gasteiger partial charge < -0.3 is 8.98 Å². The molecule has 0 radical (unpaired) electrons. The highest BCUT2D eigenvalue weighted by Gasteiger charge is 2.15. The van der Waals surface area contributed by atoms with Crippen LogP contribution in [0.5, 0.6) is 0 Å². The summed E-state index contributed by atoms with van der Waals surface area (Å²) in [5.74, 6) is 0.682. The van der Waals surface area contributed by atoms with Crippen LogP contribution < -0.4 is 0 Å². The molecule has 0 amide bonds. The Kier molecular flexibility index (Phi) is 6.46. The molecule has 10 aromatic rings. The second kappa shape index (κ2) is 11.4. The van der Waals surface area contributed by atoms with Crippen LogP contribution in [-0.4, -0.2) is 14.5 Å². The van der Waals surface area contributed by atoms with E-state index < -0.39 is 0 Å². The van der Waals surface area contributed by atoms with Crippen molar-refractivity contribution in [2.24, 2.45) is 0 Å². The maximum atomic E-state index is 6.33. The van der Waals surface area contributed by atoms with Gasteiger partial charge in [-0.15, -0.1) is 0 Å². The first kappa shape index (κ1) is 28.3. The van der Waals surface area contributed by atoms with Gasteiger partial charge in [-0.05, 0) is 42.0 Å². The summed E-state index contributed by atoms with van der Waals surface area (Å²) in [4.78, 5) is 10.2. The van der Waals surface area contributed by atoms with Crippen LogP contribution in [0.25, 0.3) is 94.5 Å². The maximum absolute atomic E-state index is 6.33. The summed E-state index contributed by atoms with van der Waals surface area (Å²) in [7, 11) is 0. The van der Waals surface area contributed by atoms with Crippen molar-refractivity contribution in [2.45, 2.75) is 0 Å². The van der Waals surface area contributed by atoms with Crippen molar-refractivity contribution >= 4 is 43.7 Å². The number of rotatable bonds is 5. The van der Waals surface area contributed by atoms with Gasteiger partial charge in [0.2, 0.25) is 0 Å². The number of hydrogen-bond acceptors (Lipinski definition) is 3. The quantitative estimate of drug-likeness (QED) is 0.188. The number of para-hydroxylation sites is 4. The minimum absolute atomic E-state index is 0.682. The van der Waals surface area contributed by atoms with Gasteiger partial charge in [-0.2, -0.15) is 0 Å². The van der Waals surface area contributed by atoms with Crippen molar-refractivity contribution in [3.8, 4) is 50.7 Å². The Balaban J connectivity index is 1.06. The topological polar surface area (TPSA) is 43.9 Å². The summed E-state index contributed by atoms with van der Waals surface area (Å²) in [6.07, 6.45) is 0. The number of hydrogen-bond donors (Lipinski definition) is 0. The van der Waals surface area contributed by atoms with Crippen LogP contribution in [0.15, 0.2) is 180 Å². The Morgan fingerprint density at radius 2 is 0.940 bits per heavy atom. The van der Waals surface area contributed by atoms with Gasteiger partial charge in [0.1, 0.15) is 11.2 Å². The van der Waals surface area contributed by atoms with Gasteiger partial charge in [0, 0.05) is 49.5 Å². The van der Waals surface area contributed by atoms with Crippen LogP contribution in [0.1, 0.15) is 0 Å². The summed E-state index contributed by atoms with van der Waals surface area (Å²) in [5.41, 5.74) is 12.2. The predicted molar refractivity (Wildman–Crippen MR) is 205 cm³/mol. The Morgan fingerprint density at radius 3 is 1.64 bits per heavy atom. The lowest BCUT2D eigenvalue weighted by molar-refractivity contribution is 0.670. The van der Waals surface area contributed by atoms with Crippen molar-refractivity contribution < 1.29 is 4.42 Å². The first-order chi connectivity index (χ1) is 24.8. The largest absolute Gasteiger partial charge is 0.455 e. The summed E-state index contributed by atoms with van der Waals surface area (Å²) in [5, 5.41) is 4.75. The van der Waals surface area contributed by atoms with E-state index in [1.807, 2.05) is 30.3 Å². The van der Waals surface area contributed by atoms with Crippen molar-refractivity contribution in [1.82, 2.24) is 14.5 Å². The molecule has 0 N–H and O–H groups in total. The summed E-state index contributed by atoms with van der Waals surface area (Å²) in [6, 6.07) is 61.3. The lowest BCUT2D eigenvalue weighted by Crippen LogP contribution is -1.97. The SMILES string of the molecule is c1ccc(-c2cc(-c3ccc(-n4c5ccccc5c5ccccc54)cc3)nc(-c3ccc(-c4cccc5c4oc4ccccc45)cc3)n2)cc1. The smallest absolute Gasteiger partial charge is 0.160 e. The summed E-state index contributed by atoms with van der Waals surface area (Å²) in [6.45, 7) is 0. The summed E-state index contributed by atoms with van der Waals surface area (Å²) < 4.78 is 8.67. The van der Waals surface area contributed by atoms with E-state index in [2.05, 4.69) is 150 Å². The fourth-order valence-corrected chi connectivity index (χ4v) is 7.24. The lowest BCUT2D eigenvalue weighted by Gasteiger charge is -2.12. The van der Waals surface area contributed by atoms with Gasteiger partial charge in [0.05, 0.1) is 22.4 Å². The van der Waals surface area contributed by atoms with Gasteiger partial charge in [-0.3, -0.25) is 0 Å². The van der Waals surface area contributed by atoms with Crippen molar-refractivity contribution in [1.29, 1.82) is 0 Å². The third-order valence-corrected chi connectivity index (χ3v) is 9.66.